The first-order chi connectivity index (χ1) is 10.7. The number of benzene rings is 1. The largest absolute Gasteiger partial charge is 0.382 e. The average molecular weight is 337 g/mol. The Bertz CT molecular complexity index is 691. The molecule has 0 radical (unpaired) electrons. The fourth-order valence-electron chi connectivity index (χ4n) is 3.22. The van der Waals surface area contributed by atoms with Gasteiger partial charge in [0.05, 0.1) is 5.52 Å². The van der Waals surface area contributed by atoms with Crippen molar-refractivity contribution in [2.75, 3.05) is 11.1 Å². The van der Waals surface area contributed by atoms with Crippen molar-refractivity contribution in [3.05, 3.63) is 35.5 Å². The van der Waals surface area contributed by atoms with Crippen LogP contribution in [0.3, 0.4) is 0 Å². The number of pyridine rings is 1. The zero-order valence-electron chi connectivity index (χ0n) is 12.7. The zero-order chi connectivity index (χ0) is 15.5. The highest BCUT2D eigenvalue weighted by Crippen LogP contribution is 2.29. The third-order valence-electron chi connectivity index (χ3n) is 4.35. The van der Waals surface area contributed by atoms with E-state index in [1.54, 1.807) is 0 Å². The summed E-state index contributed by atoms with van der Waals surface area (Å²) in [6.07, 6.45) is 6.16. The van der Waals surface area contributed by atoms with E-state index in [4.69, 9.17) is 11.6 Å². The monoisotopic (exact) mass is 336 g/mol. The minimum absolute atomic E-state index is 0.332. The second kappa shape index (κ2) is 6.97. The first kappa shape index (κ1) is 15.8. The van der Waals surface area contributed by atoms with Crippen molar-refractivity contribution >= 4 is 39.0 Å². The lowest BCUT2D eigenvalue weighted by Gasteiger charge is -2.30. The third kappa shape index (κ3) is 3.44. The lowest BCUT2D eigenvalue weighted by molar-refractivity contribution is 0.465. The molecule has 0 amide bonds. The fraction of sp³-hybridized carbons (Fsp3) is 0.471. The molecule has 2 aromatic rings. The van der Waals surface area contributed by atoms with E-state index in [2.05, 4.69) is 10.3 Å². The van der Waals surface area contributed by atoms with Crippen LogP contribution in [0.25, 0.3) is 10.9 Å². The summed E-state index contributed by atoms with van der Waals surface area (Å²) >= 11 is 6.04. The average Bonchev–Trinajstić information content (AvgIpc) is 2.54. The van der Waals surface area contributed by atoms with Crippen LogP contribution in [0.15, 0.2) is 30.5 Å². The molecule has 5 heteroatoms. The summed E-state index contributed by atoms with van der Waals surface area (Å²) < 4.78 is 12.1. The Labute approximate surface area is 138 Å². The predicted octanol–water partition coefficient (Wildman–Crippen LogP) is 4.38. The van der Waals surface area contributed by atoms with Gasteiger partial charge in [0.1, 0.15) is 0 Å². The van der Waals surface area contributed by atoms with Crippen LogP contribution in [0, 0.1) is 0 Å². The van der Waals surface area contributed by atoms with E-state index < -0.39 is 10.8 Å². The van der Waals surface area contributed by atoms with Gasteiger partial charge in [0, 0.05) is 50.1 Å². The predicted molar refractivity (Wildman–Crippen MR) is 95.1 cm³/mol. The summed E-state index contributed by atoms with van der Waals surface area (Å²) in [5.74, 6) is 0.758. The highest BCUT2D eigenvalue weighted by Gasteiger charge is 2.25. The molecule has 3 rings (SSSR count). The minimum atomic E-state index is -0.692. The molecule has 118 valence electrons. The van der Waals surface area contributed by atoms with E-state index >= 15 is 0 Å². The molecular weight excluding hydrogens is 316 g/mol. The Hall–Kier alpha value is -1.13. The normalized spacial score (nSPS) is 23.4. The summed E-state index contributed by atoms with van der Waals surface area (Å²) in [7, 11) is -0.692. The molecule has 1 aromatic heterocycles. The second-order valence-electron chi connectivity index (χ2n) is 5.82. The maximum Gasteiger partial charge on any atom is 0.0737 e. The van der Waals surface area contributed by atoms with Crippen molar-refractivity contribution in [2.45, 2.75) is 43.9 Å². The molecule has 0 spiro atoms. The maximum atomic E-state index is 12.1. The number of fused-ring (bicyclic) bond motifs is 1. The van der Waals surface area contributed by atoms with Gasteiger partial charge in [0.25, 0.3) is 0 Å². The van der Waals surface area contributed by atoms with E-state index in [1.165, 1.54) is 0 Å². The molecule has 3 nitrogen and oxygen atoms in total. The quantitative estimate of drug-likeness (QED) is 0.900. The topological polar surface area (TPSA) is 42.0 Å². The first-order valence-corrected chi connectivity index (χ1v) is 9.61. The Morgan fingerprint density at radius 1 is 1.36 bits per heavy atom. The molecule has 1 N–H and O–H groups in total. The lowest BCUT2D eigenvalue weighted by atomic mass is 9.94. The molecule has 0 bridgehead atoms. The van der Waals surface area contributed by atoms with Crippen LogP contribution in [0.1, 0.15) is 32.6 Å². The molecule has 22 heavy (non-hydrogen) atoms. The molecule has 0 aliphatic heterocycles. The van der Waals surface area contributed by atoms with Crippen LogP contribution < -0.4 is 5.32 Å². The van der Waals surface area contributed by atoms with Gasteiger partial charge < -0.3 is 5.32 Å². The summed E-state index contributed by atoms with van der Waals surface area (Å²) in [6, 6.07) is 8.19. The summed E-state index contributed by atoms with van der Waals surface area (Å²) in [5.41, 5.74) is 2.00. The Balaban J connectivity index is 1.79. The third-order valence-corrected chi connectivity index (χ3v) is 6.32. The molecule has 1 fully saturated rings. The van der Waals surface area contributed by atoms with Crippen molar-refractivity contribution in [3.63, 3.8) is 0 Å². The Kier molecular flexibility index (Phi) is 4.99. The van der Waals surface area contributed by atoms with E-state index in [1.807, 2.05) is 37.4 Å². The molecule has 1 aliphatic carbocycles. The van der Waals surface area contributed by atoms with Crippen LogP contribution in [0.5, 0.6) is 0 Å². The van der Waals surface area contributed by atoms with Gasteiger partial charge in [0.15, 0.2) is 0 Å². The Morgan fingerprint density at radius 3 is 3.05 bits per heavy atom. The van der Waals surface area contributed by atoms with Gasteiger partial charge in [-0.1, -0.05) is 24.9 Å². The molecule has 0 saturated heterocycles. The van der Waals surface area contributed by atoms with Crippen molar-refractivity contribution < 1.29 is 4.21 Å². The summed E-state index contributed by atoms with van der Waals surface area (Å²) in [4.78, 5) is 4.38. The van der Waals surface area contributed by atoms with Crippen LogP contribution in [-0.2, 0) is 10.8 Å². The number of nitrogens with one attached hydrogen (secondary N) is 1. The van der Waals surface area contributed by atoms with Crippen LogP contribution in [-0.4, -0.2) is 26.2 Å². The second-order valence-corrected chi connectivity index (χ2v) is 8.26. The van der Waals surface area contributed by atoms with Gasteiger partial charge in [-0.15, -0.1) is 0 Å². The number of nitrogens with zero attached hydrogens (tertiary/aromatic N) is 1. The van der Waals surface area contributed by atoms with Gasteiger partial charge in [-0.05, 0) is 43.5 Å². The zero-order valence-corrected chi connectivity index (χ0v) is 14.3. The van der Waals surface area contributed by atoms with Crippen molar-refractivity contribution in [1.29, 1.82) is 0 Å². The van der Waals surface area contributed by atoms with Crippen molar-refractivity contribution in [3.8, 4) is 0 Å². The van der Waals surface area contributed by atoms with Crippen LogP contribution in [0.4, 0.5) is 5.69 Å². The summed E-state index contributed by atoms with van der Waals surface area (Å²) in [5, 5.41) is 5.76. The number of hydrogen-bond donors (Lipinski definition) is 1. The van der Waals surface area contributed by atoms with Crippen molar-refractivity contribution in [2.24, 2.45) is 0 Å². The summed E-state index contributed by atoms with van der Waals surface area (Å²) in [6.45, 7) is 2.01. The van der Waals surface area contributed by atoms with Gasteiger partial charge in [-0.2, -0.15) is 0 Å². The standard InChI is InChI=1S/C17H21ClN2OS/c1-2-22(21)14-5-3-4-13(11-14)20-16-8-9-19-17-10-12(18)6-7-15(16)17/h6-10,13-14H,2-5,11H2,1H3,(H,19,20). The molecule has 1 heterocycles. The number of hydrogen-bond acceptors (Lipinski definition) is 3. The number of aromatic nitrogens is 1. The highest BCUT2D eigenvalue weighted by molar-refractivity contribution is 7.85. The van der Waals surface area contributed by atoms with Gasteiger partial charge >= 0.3 is 0 Å². The van der Waals surface area contributed by atoms with Gasteiger partial charge in [-0.25, -0.2) is 0 Å². The molecule has 1 saturated carbocycles. The lowest BCUT2D eigenvalue weighted by Crippen LogP contribution is -2.33. The molecule has 3 atom stereocenters. The van der Waals surface area contributed by atoms with E-state index in [9.17, 15) is 4.21 Å². The molecular formula is C17H21ClN2OS. The van der Waals surface area contributed by atoms with E-state index in [-0.39, 0.29) is 0 Å². The SMILES string of the molecule is CCS(=O)C1CCCC(Nc2ccnc3cc(Cl)ccc23)C1. The molecule has 3 unspecified atom stereocenters. The smallest absolute Gasteiger partial charge is 0.0737 e. The molecule has 1 aromatic carbocycles. The Morgan fingerprint density at radius 2 is 2.23 bits per heavy atom. The van der Waals surface area contributed by atoms with Crippen LogP contribution >= 0.6 is 11.6 Å². The number of halogens is 1. The minimum Gasteiger partial charge on any atom is -0.382 e. The van der Waals surface area contributed by atoms with Crippen LogP contribution in [0.2, 0.25) is 5.02 Å². The number of rotatable bonds is 4. The van der Waals surface area contributed by atoms with Gasteiger partial charge in [0.2, 0.25) is 0 Å². The van der Waals surface area contributed by atoms with E-state index in [0.717, 1.165) is 48.0 Å². The van der Waals surface area contributed by atoms with Crippen molar-refractivity contribution in [1.82, 2.24) is 4.98 Å². The first-order valence-electron chi connectivity index (χ1n) is 7.85. The van der Waals surface area contributed by atoms with Gasteiger partial charge in [-0.3, -0.25) is 9.19 Å². The molecule has 1 aliphatic rings. The number of anilines is 1. The maximum absolute atomic E-state index is 12.1. The fourth-order valence-corrected chi connectivity index (χ4v) is 4.73. The highest BCUT2D eigenvalue weighted by atomic mass is 35.5. The van der Waals surface area contributed by atoms with E-state index in [0.29, 0.717) is 16.3 Å².